The highest BCUT2D eigenvalue weighted by molar-refractivity contribution is 5.84. The third kappa shape index (κ3) is 4.85. The van der Waals surface area contributed by atoms with Crippen LogP contribution in [0, 0.1) is 24.4 Å². The van der Waals surface area contributed by atoms with Gasteiger partial charge in [-0.2, -0.15) is 9.37 Å². The van der Waals surface area contributed by atoms with Crippen LogP contribution in [0.15, 0.2) is 36.8 Å². The van der Waals surface area contributed by atoms with Gasteiger partial charge in [0.15, 0.2) is 23.2 Å². The summed E-state index contributed by atoms with van der Waals surface area (Å²) in [6.45, 7) is 12.5. The van der Waals surface area contributed by atoms with Crippen molar-refractivity contribution in [3.05, 3.63) is 59.9 Å². The Morgan fingerprint density at radius 2 is 1.76 bits per heavy atom. The fraction of sp³-hybridized carbons (Fsp3) is 0.370. The van der Waals surface area contributed by atoms with Crippen molar-refractivity contribution in [1.82, 2.24) is 24.4 Å². The molecule has 11 heteroatoms. The number of hydrogen-bond acceptors (Lipinski definition) is 7. The second-order valence-electron chi connectivity index (χ2n) is 9.57. The zero-order valence-electron chi connectivity index (χ0n) is 21.8. The number of aryl methyl sites for hydroxylation is 1. The molecule has 0 spiro atoms. The predicted octanol–water partition coefficient (Wildman–Crippen LogP) is 5.81. The topological polar surface area (TPSA) is 71.3 Å². The first-order valence-electron chi connectivity index (χ1n) is 12.6. The Hall–Kier alpha value is -3.86. The number of nitrogens with one attached hydrogen (secondary N) is 1. The fourth-order valence-corrected chi connectivity index (χ4v) is 4.89. The minimum atomic E-state index is -0.954. The number of likely N-dealkylation sites (N-methyl/N-ethyl adjacent to an activating group) is 1. The lowest BCUT2D eigenvalue weighted by atomic mass is 10.2. The molecule has 200 valence electrons. The molecule has 5 rings (SSSR count). The van der Waals surface area contributed by atoms with Crippen molar-refractivity contribution in [3.63, 3.8) is 0 Å². The molecule has 8 nitrogen and oxygen atoms in total. The van der Waals surface area contributed by atoms with Crippen molar-refractivity contribution in [2.45, 2.75) is 33.7 Å². The van der Waals surface area contributed by atoms with Gasteiger partial charge in [-0.1, -0.05) is 6.92 Å². The molecule has 0 unspecified atom stereocenters. The van der Waals surface area contributed by atoms with Crippen LogP contribution in [-0.2, 0) is 0 Å². The number of nitrogens with zero attached hydrogens (tertiary/aromatic N) is 6. The van der Waals surface area contributed by atoms with Gasteiger partial charge in [-0.25, -0.2) is 18.7 Å². The molecule has 0 atom stereocenters. The number of hydrogen-bond donors (Lipinski definition) is 1. The van der Waals surface area contributed by atoms with Gasteiger partial charge in [-0.05, 0) is 45.5 Å². The van der Waals surface area contributed by atoms with E-state index in [4.69, 9.17) is 4.74 Å². The van der Waals surface area contributed by atoms with Crippen LogP contribution in [0.1, 0.15) is 32.5 Å². The third-order valence-corrected chi connectivity index (χ3v) is 6.83. The summed E-state index contributed by atoms with van der Waals surface area (Å²) in [7, 11) is 0. The zero-order valence-corrected chi connectivity index (χ0v) is 21.8. The standard InChI is InChI=1S/C27H30F3N7O/c1-5-35-8-10-36(11-9-35)18-6-7-22(31-14-18)34-26-24(30)27(33-15-32-26)38-21-13-20(28)25-19(23(21)29)12-17(4)37(25)16(2)3/h6-7,12-16H,5,8-11H2,1-4H3,(H,31,32,33,34). The van der Waals surface area contributed by atoms with Crippen LogP contribution < -0.4 is 15.0 Å². The summed E-state index contributed by atoms with van der Waals surface area (Å²) in [5.41, 5.74) is 1.81. The third-order valence-electron chi connectivity index (χ3n) is 6.83. The molecule has 1 fully saturated rings. The summed E-state index contributed by atoms with van der Waals surface area (Å²) < 4.78 is 52.7. The highest BCUT2D eigenvalue weighted by atomic mass is 19.1. The lowest BCUT2D eigenvalue weighted by molar-refractivity contribution is 0.271. The number of anilines is 3. The molecule has 3 aromatic heterocycles. The smallest absolute Gasteiger partial charge is 0.261 e. The van der Waals surface area contributed by atoms with E-state index in [0.717, 1.165) is 50.8 Å². The van der Waals surface area contributed by atoms with Gasteiger partial charge in [0.1, 0.15) is 12.1 Å². The minimum absolute atomic E-state index is 0.0550. The second kappa shape index (κ2) is 10.5. The highest BCUT2D eigenvalue weighted by Gasteiger charge is 2.23. The summed E-state index contributed by atoms with van der Waals surface area (Å²) in [6, 6.07) is 6.02. The van der Waals surface area contributed by atoms with Gasteiger partial charge >= 0.3 is 0 Å². The van der Waals surface area contributed by atoms with Crippen molar-refractivity contribution >= 4 is 28.2 Å². The first-order chi connectivity index (χ1) is 18.3. The molecule has 0 bridgehead atoms. The summed E-state index contributed by atoms with van der Waals surface area (Å²) in [5.74, 6) is -3.26. The average molecular weight is 526 g/mol. The van der Waals surface area contributed by atoms with Crippen LogP contribution in [0.5, 0.6) is 11.6 Å². The molecule has 4 heterocycles. The summed E-state index contributed by atoms with van der Waals surface area (Å²) in [4.78, 5) is 16.7. The van der Waals surface area contributed by atoms with Crippen LogP contribution >= 0.6 is 0 Å². The monoisotopic (exact) mass is 525 g/mol. The van der Waals surface area contributed by atoms with E-state index in [0.29, 0.717) is 11.5 Å². The van der Waals surface area contributed by atoms with E-state index in [1.807, 2.05) is 19.9 Å². The lowest BCUT2D eigenvalue weighted by Crippen LogP contribution is -2.46. The first kappa shape index (κ1) is 25.8. The van der Waals surface area contributed by atoms with E-state index in [-0.39, 0.29) is 22.8 Å². The number of rotatable bonds is 7. The number of benzene rings is 1. The maximum atomic E-state index is 15.3. The number of halogens is 3. The molecule has 1 aliphatic heterocycles. The fourth-order valence-electron chi connectivity index (χ4n) is 4.89. The van der Waals surface area contributed by atoms with Gasteiger partial charge in [0.05, 0.1) is 17.4 Å². The van der Waals surface area contributed by atoms with Gasteiger partial charge in [-0.15, -0.1) is 0 Å². The summed E-state index contributed by atoms with van der Waals surface area (Å²) in [6.07, 6.45) is 2.80. The van der Waals surface area contributed by atoms with Crippen molar-refractivity contribution in [3.8, 4) is 11.6 Å². The Bertz CT molecular complexity index is 1450. The van der Waals surface area contributed by atoms with E-state index >= 15 is 13.2 Å². The van der Waals surface area contributed by atoms with Crippen molar-refractivity contribution in [2.24, 2.45) is 0 Å². The van der Waals surface area contributed by atoms with E-state index in [1.54, 1.807) is 29.8 Å². The molecule has 1 aliphatic rings. The molecular weight excluding hydrogens is 495 g/mol. The Morgan fingerprint density at radius 3 is 2.42 bits per heavy atom. The quantitative estimate of drug-likeness (QED) is 0.326. The number of fused-ring (bicyclic) bond motifs is 1. The predicted molar refractivity (Wildman–Crippen MR) is 141 cm³/mol. The molecule has 0 saturated carbocycles. The summed E-state index contributed by atoms with van der Waals surface area (Å²) in [5, 5.41) is 2.86. The van der Waals surface area contributed by atoms with E-state index in [2.05, 4.69) is 37.0 Å². The second-order valence-corrected chi connectivity index (χ2v) is 9.57. The molecule has 4 aromatic rings. The van der Waals surface area contributed by atoms with Crippen molar-refractivity contribution in [1.29, 1.82) is 0 Å². The van der Waals surface area contributed by atoms with Gasteiger partial charge in [-0.3, -0.25) is 0 Å². The lowest BCUT2D eigenvalue weighted by Gasteiger charge is -2.35. The van der Waals surface area contributed by atoms with Gasteiger partial charge in [0, 0.05) is 49.4 Å². The molecule has 1 N–H and O–H groups in total. The Balaban J connectivity index is 1.35. The highest BCUT2D eigenvalue weighted by Crippen LogP contribution is 2.36. The van der Waals surface area contributed by atoms with Crippen LogP contribution in [-0.4, -0.2) is 57.1 Å². The molecule has 38 heavy (non-hydrogen) atoms. The maximum Gasteiger partial charge on any atom is 0.261 e. The normalized spacial score (nSPS) is 14.5. The first-order valence-corrected chi connectivity index (χ1v) is 12.6. The largest absolute Gasteiger partial charge is 0.433 e. The zero-order chi connectivity index (χ0) is 27.0. The number of pyridine rings is 1. The molecule has 1 aromatic carbocycles. The van der Waals surface area contributed by atoms with Crippen LogP contribution in [0.3, 0.4) is 0 Å². The molecule has 0 amide bonds. The van der Waals surface area contributed by atoms with E-state index in [9.17, 15) is 0 Å². The van der Waals surface area contributed by atoms with Crippen molar-refractivity contribution < 1.29 is 17.9 Å². The van der Waals surface area contributed by atoms with E-state index < -0.39 is 29.1 Å². The van der Waals surface area contributed by atoms with Crippen LogP contribution in [0.25, 0.3) is 10.9 Å². The summed E-state index contributed by atoms with van der Waals surface area (Å²) >= 11 is 0. The minimum Gasteiger partial charge on any atom is -0.433 e. The Kier molecular flexibility index (Phi) is 7.11. The SMILES string of the molecule is CCN1CCN(c2ccc(Nc3ncnc(Oc4cc(F)c5c(cc(C)n5C(C)C)c4F)c3F)nc2)CC1. The Labute approximate surface area is 219 Å². The van der Waals surface area contributed by atoms with Crippen LogP contribution in [0.4, 0.5) is 30.5 Å². The van der Waals surface area contributed by atoms with E-state index in [1.165, 1.54) is 0 Å². The molecular formula is C27H30F3N7O. The maximum absolute atomic E-state index is 15.3. The molecule has 0 aliphatic carbocycles. The Morgan fingerprint density at radius 1 is 1.00 bits per heavy atom. The number of ether oxygens (including phenoxy) is 1. The van der Waals surface area contributed by atoms with Crippen LogP contribution in [0.2, 0.25) is 0 Å². The number of aromatic nitrogens is 4. The average Bonchev–Trinajstić information content (AvgIpc) is 3.28. The van der Waals surface area contributed by atoms with Crippen molar-refractivity contribution in [2.75, 3.05) is 42.9 Å². The number of piperazine rings is 1. The molecule has 0 radical (unpaired) electrons. The van der Waals surface area contributed by atoms with Gasteiger partial charge < -0.3 is 24.4 Å². The van der Waals surface area contributed by atoms with Gasteiger partial charge in [0.25, 0.3) is 5.88 Å². The molecule has 1 saturated heterocycles. The van der Waals surface area contributed by atoms with Gasteiger partial charge in [0.2, 0.25) is 5.82 Å².